The fourth-order valence-electron chi connectivity index (χ4n) is 2.78. The predicted molar refractivity (Wildman–Crippen MR) is 93.4 cm³/mol. The molecule has 0 unspecified atom stereocenters. The van der Waals surface area contributed by atoms with Gasteiger partial charge in [0, 0.05) is 18.1 Å². The number of rotatable bonds is 6. The Kier molecular flexibility index (Phi) is 5.94. The van der Waals surface area contributed by atoms with Crippen molar-refractivity contribution in [3.05, 3.63) is 12.4 Å². The minimum atomic E-state index is -0.263. The molecular weight excluding hydrogens is 274 g/mol. The molecule has 1 rings (SSSR count). The summed E-state index contributed by atoms with van der Waals surface area (Å²) in [5.41, 5.74) is -0.198. The summed E-state index contributed by atoms with van der Waals surface area (Å²) >= 11 is 0. The molecule has 1 saturated heterocycles. The van der Waals surface area contributed by atoms with Crippen LogP contribution in [0, 0.1) is 5.41 Å². The molecule has 0 saturated carbocycles. The smallest absolute Gasteiger partial charge is 0.245 e. The topological polar surface area (TPSA) is 44.4 Å². The van der Waals surface area contributed by atoms with Crippen molar-refractivity contribution < 1.29 is 4.79 Å². The van der Waals surface area contributed by atoms with Crippen molar-refractivity contribution >= 4 is 5.91 Å². The molecule has 0 aromatic carbocycles. The van der Waals surface area contributed by atoms with Gasteiger partial charge in [0.1, 0.15) is 6.04 Å². The van der Waals surface area contributed by atoms with Crippen molar-refractivity contribution in [2.75, 3.05) is 6.54 Å². The lowest BCUT2D eigenvalue weighted by atomic mass is 9.85. The zero-order chi connectivity index (χ0) is 17.1. The first kappa shape index (κ1) is 18.9. The van der Waals surface area contributed by atoms with Gasteiger partial charge in [0.2, 0.25) is 5.91 Å². The summed E-state index contributed by atoms with van der Waals surface area (Å²) in [4.78, 5) is 15.0. The van der Waals surface area contributed by atoms with Gasteiger partial charge in [0.25, 0.3) is 0 Å². The Hall–Kier alpha value is -1.19. The standard InChI is InChI=1S/C18H35N3O/c1-9-18(7,8)20-14(3)19-15(17(4,5)6)16(22)21-12-10-11-13(21)2/h13,15,19-20H,3,9-12H2,1-2,4-8H3/t13-,15-/m1/s1. The largest absolute Gasteiger partial charge is 0.368 e. The zero-order valence-electron chi connectivity index (χ0n) is 15.5. The summed E-state index contributed by atoms with van der Waals surface area (Å²) in [7, 11) is 0. The van der Waals surface area contributed by atoms with E-state index in [0.717, 1.165) is 31.6 Å². The van der Waals surface area contributed by atoms with E-state index in [0.29, 0.717) is 6.04 Å². The minimum Gasteiger partial charge on any atom is -0.368 e. The van der Waals surface area contributed by atoms with Crippen molar-refractivity contribution in [2.24, 2.45) is 5.41 Å². The quantitative estimate of drug-likeness (QED) is 0.791. The third-order valence-electron chi connectivity index (χ3n) is 4.64. The van der Waals surface area contributed by atoms with Crippen LogP contribution in [0.2, 0.25) is 0 Å². The highest BCUT2D eigenvalue weighted by Gasteiger charge is 2.37. The van der Waals surface area contributed by atoms with E-state index in [1.165, 1.54) is 0 Å². The lowest BCUT2D eigenvalue weighted by Crippen LogP contribution is -2.56. The van der Waals surface area contributed by atoms with Gasteiger partial charge in [-0.25, -0.2) is 0 Å². The van der Waals surface area contributed by atoms with E-state index >= 15 is 0 Å². The molecule has 0 spiro atoms. The van der Waals surface area contributed by atoms with Gasteiger partial charge in [-0.05, 0) is 45.4 Å². The van der Waals surface area contributed by atoms with E-state index < -0.39 is 0 Å². The monoisotopic (exact) mass is 309 g/mol. The Labute approximate surface area is 136 Å². The maximum absolute atomic E-state index is 13.0. The molecule has 0 radical (unpaired) electrons. The number of carbonyl (C=O) groups is 1. The number of amides is 1. The molecule has 2 atom stereocenters. The second-order valence-corrected chi connectivity index (χ2v) is 8.31. The molecule has 2 N–H and O–H groups in total. The minimum absolute atomic E-state index is 0.0312. The normalized spacial score (nSPS) is 20.7. The number of nitrogens with zero attached hydrogens (tertiary/aromatic N) is 1. The molecule has 22 heavy (non-hydrogen) atoms. The van der Waals surface area contributed by atoms with E-state index in [4.69, 9.17) is 0 Å². The van der Waals surface area contributed by atoms with Gasteiger partial charge >= 0.3 is 0 Å². The summed E-state index contributed by atoms with van der Waals surface area (Å²) in [5, 5.41) is 6.74. The molecule has 0 aliphatic carbocycles. The summed E-state index contributed by atoms with van der Waals surface area (Å²) in [6.07, 6.45) is 3.20. The lowest BCUT2D eigenvalue weighted by molar-refractivity contribution is -0.136. The van der Waals surface area contributed by atoms with Crippen LogP contribution in [0.5, 0.6) is 0 Å². The highest BCUT2D eigenvalue weighted by atomic mass is 16.2. The number of hydrogen-bond donors (Lipinski definition) is 2. The van der Waals surface area contributed by atoms with Gasteiger partial charge in [-0.3, -0.25) is 4.79 Å². The highest BCUT2D eigenvalue weighted by molar-refractivity contribution is 5.83. The van der Waals surface area contributed by atoms with E-state index in [1.807, 2.05) is 4.90 Å². The Morgan fingerprint density at radius 3 is 2.32 bits per heavy atom. The van der Waals surface area contributed by atoms with E-state index in [1.54, 1.807) is 0 Å². The molecule has 1 aliphatic rings. The maximum atomic E-state index is 13.0. The molecule has 0 aromatic rings. The lowest BCUT2D eigenvalue weighted by Gasteiger charge is -2.37. The van der Waals surface area contributed by atoms with Gasteiger partial charge in [0.15, 0.2) is 0 Å². The Morgan fingerprint density at radius 2 is 1.91 bits per heavy atom. The average molecular weight is 309 g/mol. The zero-order valence-corrected chi connectivity index (χ0v) is 15.5. The predicted octanol–water partition coefficient (Wildman–Crippen LogP) is 3.25. The molecule has 0 aromatic heterocycles. The van der Waals surface area contributed by atoms with Crippen molar-refractivity contribution in [2.45, 2.75) is 85.4 Å². The van der Waals surface area contributed by atoms with Crippen LogP contribution in [0.1, 0.15) is 67.7 Å². The van der Waals surface area contributed by atoms with Gasteiger partial charge < -0.3 is 15.5 Å². The molecule has 1 heterocycles. The molecular formula is C18H35N3O. The van der Waals surface area contributed by atoms with Crippen LogP contribution in [0.15, 0.2) is 12.4 Å². The number of hydrogen-bond acceptors (Lipinski definition) is 3. The highest BCUT2D eigenvalue weighted by Crippen LogP contribution is 2.26. The molecule has 1 aliphatic heterocycles. The fourth-order valence-corrected chi connectivity index (χ4v) is 2.78. The maximum Gasteiger partial charge on any atom is 0.245 e. The van der Waals surface area contributed by atoms with Crippen LogP contribution >= 0.6 is 0 Å². The number of carbonyl (C=O) groups excluding carboxylic acids is 1. The van der Waals surface area contributed by atoms with Crippen molar-refractivity contribution in [3.63, 3.8) is 0 Å². The van der Waals surface area contributed by atoms with Crippen molar-refractivity contribution in [1.29, 1.82) is 0 Å². The van der Waals surface area contributed by atoms with Gasteiger partial charge in [-0.2, -0.15) is 0 Å². The molecule has 128 valence electrons. The summed E-state index contributed by atoms with van der Waals surface area (Å²) < 4.78 is 0. The first-order chi connectivity index (χ1) is 9.98. The fraction of sp³-hybridized carbons (Fsp3) is 0.833. The average Bonchev–Trinajstić information content (AvgIpc) is 2.79. The molecule has 4 heteroatoms. The summed E-state index contributed by atoms with van der Waals surface area (Å²) in [6.45, 7) is 19.8. The van der Waals surface area contributed by atoms with Crippen LogP contribution in [0.3, 0.4) is 0 Å². The van der Waals surface area contributed by atoms with E-state index in [-0.39, 0.29) is 22.9 Å². The Bertz CT molecular complexity index is 409. The van der Waals surface area contributed by atoms with Gasteiger partial charge in [-0.1, -0.05) is 34.3 Å². The van der Waals surface area contributed by atoms with Crippen LogP contribution in [-0.4, -0.2) is 35.0 Å². The second kappa shape index (κ2) is 6.93. The number of nitrogens with one attached hydrogen (secondary N) is 2. The van der Waals surface area contributed by atoms with E-state index in [2.05, 4.69) is 65.7 Å². The molecule has 0 bridgehead atoms. The van der Waals surface area contributed by atoms with E-state index in [9.17, 15) is 4.79 Å². The number of likely N-dealkylation sites (tertiary alicyclic amines) is 1. The van der Waals surface area contributed by atoms with Gasteiger partial charge in [0.05, 0.1) is 5.82 Å². The second-order valence-electron chi connectivity index (χ2n) is 8.31. The third kappa shape index (κ3) is 4.92. The third-order valence-corrected chi connectivity index (χ3v) is 4.64. The molecule has 4 nitrogen and oxygen atoms in total. The van der Waals surface area contributed by atoms with Gasteiger partial charge in [-0.15, -0.1) is 0 Å². The SMILES string of the molecule is C=C(N[C@H](C(=O)N1CCC[C@H]1C)C(C)(C)C)NC(C)(C)CC. The van der Waals surface area contributed by atoms with Crippen LogP contribution < -0.4 is 10.6 Å². The summed E-state index contributed by atoms with van der Waals surface area (Å²) in [5.74, 6) is 0.918. The Morgan fingerprint density at radius 1 is 1.32 bits per heavy atom. The Balaban J connectivity index is 2.82. The summed E-state index contributed by atoms with van der Waals surface area (Å²) in [6, 6.07) is 0.0770. The molecule has 1 amide bonds. The van der Waals surface area contributed by atoms with Crippen LogP contribution in [-0.2, 0) is 4.79 Å². The van der Waals surface area contributed by atoms with Crippen molar-refractivity contribution in [3.8, 4) is 0 Å². The molecule has 1 fully saturated rings. The van der Waals surface area contributed by atoms with Crippen LogP contribution in [0.25, 0.3) is 0 Å². The first-order valence-corrected chi connectivity index (χ1v) is 8.52. The first-order valence-electron chi connectivity index (χ1n) is 8.52. The van der Waals surface area contributed by atoms with Crippen molar-refractivity contribution in [1.82, 2.24) is 15.5 Å². The van der Waals surface area contributed by atoms with Crippen LogP contribution in [0.4, 0.5) is 0 Å².